The van der Waals surface area contributed by atoms with Crippen molar-refractivity contribution in [2.45, 2.75) is 26.3 Å². The van der Waals surface area contributed by atoms with Crippen molar-refractivity contribution in [2.24, 2.45) is 5.92 Å². The first-order valence-electron chi connectivity index (χ1n) is 5.51. The molecule has 82 valence electrons. The molecule has 0 radical (unpaired) electrons. The number of hydrogen-bond donors (Lipinski definition) is 2. The molecule has 3 heteroatoms. The standard InChI is InChI=1S/C12H17ClN2/c1-3-8(2)11-7-14-12-9(13)5-4-6-10(12)15-11/h4-6,8,11,14-15H,3,7H2,1-2H3. The largest absolute Gasteiger partial charge is 0.380 e. The smallest absolute Gasteiger partial charge is 0.0766 e. The molecule has 0 fully saturated rings. The highest BCUT2D eigenvalue weighted by Gasteiger charge is 2.22. The Labute approximate surface area is 96.0 Å². The maximum atomic E-state index is 6.10. The summed E-state index contributed by atoms with van der Waals surface area (Å²) in [6.45, 7) is 5.44. The summed E-state index contributed by atoms with van der Waals surface area (Å²) in [7, 11) is 0. The maximum Gasteiger partial charge on any atom is 0.0766 e. The van der Waals surface area contributed by atoms with Gasteiger partial charge in [-0.15, -0.1) is 0 Å². The maximum absolute atomic E-state index is 6.10. The van der Waals surface area contributed by atoms with Gasteiger partial charge in [0.05, 0.1) is 16.4 Å². The van der Waals surface area contributed by atoms with Gasteiger partial charge in [0.1, 0.15) is 0 Å². The van der Waals surface area contributed by atoms with Gasteiger partial charge in [0, 0.05) is 12.6 Å². The summed E-state index contributed by atoms with van der Waals surface area (Å²) in [5.74, 6) is 0.671. The van der Waals surface area contributed by atoms with Crippen LogP contribution in [0.1, 0.15) is 20.3 Å². The van der Waals surface area contributed by atoms with E-state index in [2.05, 4.69) is 30.5 Å². The summed E-state index contributed by atoms with van der Waals surface area (Å²) in [5, 5.41) is 7.74. The summed E-state index contributed by atoms with van der Waals surface area (Å²) >= 11 is 6.10. The minimum absolute atomic E-state index is 0.501. The molecule has 1 aromatic rings. The van der Waals surface area contributed by atoms with Crippen LogP contribution in [0.15, 0.2) is 18.2 Å². The van der Waals surface area contributed by atoms with E-state index in [1.807, 2.05) is 12.1 Å². The van der Waals surface area contributed by atoms with E-state index in [0.29, 0.717) is 12.0 Å². The summed E-state index contributed by atoms with van der Waals surface area (Å²) in [4.78, 5) is 0. The van der Waals surface area contributed by atoms with Crippen molar-refractivity contribution >= 4 is 23.0 Å². The Morgan fingerprint density at radius 3 is 3.07 bits per heavy atom. The predicted octanol–water partition coefficient (Wildman–Crippen LogP) is 3.59. The molecule has 1 aromatic carbocycles. The van der Waals surface area contributed by atoms with Crippen LogP contribution in [0.3, 0.4) is 0 Å². The van der Waals surface area contributed by atoms with Crippen LogP contribution in [0.2, 0.25) is 5.02 Å². The molecule has 2 nitrogen and oxygen atoms in total. The molecule has 0 amide bonds. The second kappa shape index (κ2) is 4.31. The van der Waals surface area contributed by atoms with Crippen molar-refractivity contribution in [2.75, 3.05) is 17.2 Å². The summed E-state index contributed by atoms with van der Waals surface area (Å²) < 4.78 is 0. The molecule has 2 rings (SSSR count). The Kier molecular flexibility index (Phi) is 3.06. The third-order valence-electron chi connectivity index (χ3n) is 3.18. The Bertz CT molecular complexity index is 351. The van der Waals surface area contributed by atoms with Gasteiger partial charge in [-0.05, 0) is 18.1 Å². The second-order valence-corrected chi connectivity index (χ2v) is 4.59. The molecule has 15 heavy (non-hydrogen) atoms. The van der Waals surface area contributed by atoms with Crippen LogP contribution in [-0.4, -0.2) is 12.6 Å². The summed E-state index contributed by atoms with van der Waals surface area (Å²) in [6.07, 6.45) is 1.19. The number of anilines is 2. The van der Waals surface area contributed by atoms with Crippen LogP contribution >= 0.6 is 11.6 Å². The molecule has 0 saturated heterocycles. The number of nitrogens with one attached hydrogen (secondary N) is 2. The Morgan fingerprint density at radius 2 is 2.33 bits per heavy atom. The van der Waals surface area contributed by atoms with Gasteiger partial charge < -0.3 is 10.6 Å². The molecular formula is C12H17ClN2. The van der Waals surface area contributed by atoms with Crippen molar-refractivity contribution in [3.63, 3.8) is 0 Å². The number of hydrogen-bond acceptors (Lipinski definition) is 2. The van der Waals surface area contributed by atoms with Crippen LogP contribution < -0.4 is 10.6 Å². The topological polar surface area (TPSA) is 24.1 Å². The lowest BCUT2D eigenvalue weighted by Gasteiger charge is -2.32. The number of para-hydroxylation sites is 1. The molecule has 2 unspecified atom stereocenters. The molecule has 0 saturated carbocycles. The lowest BCUT2D eigenvalue weighted by molar-refractivity contribution is 0.478. The van der Waals surface area contributed by atoms with Gasteiger partial charge >= 0.3 is 0 Å². The predicted molar refractivity (Wildman–Crippen MR) is 66.8 cm³/mol. The molecule has 1 aliphatic heterocycles. The molecule has 1 heterocycles. The van der Waals surface area contributed by atoms with Crippen molar-refractivity contribution in [1.29, 1.82) is 0 Å². The van der Waals surface area contributed by atoms with Gasteiger partial charge in [0.25, 0.3) is 0 Å². The highest BCUT2D eigenvalue weighted by Crippen LogP contribution is 2.34. The van der Waals surface area contributed by atoms with Crippen molar-refractivity contribution in [3.05, 3.63) is 23.2 Å². The summed E-state index contributed by atoms with van der Waals surface area (Å²) in [5.41, 5.74) is 2.16. The number of halogens is 1. The van der Waals surface area contributed by atoms with E-state index in [4.69, 9.17) is 11.6 Å². The van der Waals surface area contributed by atoms with E-state index in [1.165, 1.54) is 6.42 Å². The highest BCUT2D eigenvalue weighted by atomic mass is 35.5. The first-order chi connectivity index (χ1) is 7.22. The monoisotopic (exact) mass is 224 g/mol. The molecule has 0 spiro atoms. The van der Waals surface area contributed by atoms with Crippen LogP contribution in [0.25, 0.3) is 0 Å². The second-order valence-electron chi connectivity index (χ2n) is 4.18. The molecule has 1 aliphatic rings. The van der Waals surface area contributed by atoms with E-state index < -0.39 is 0 Å². The third kappa shape index (κ3) is 2.05. The molecule has 0 bridgehead atoms. The third-order valence-corrected chi connectivity index (χ3v) is 3.50. The zero-order chi connectivity index (χ0) is 10.8. The highest BCUT2D eigenvalue weighted by molar-refractivity contribution is 6.34. The molecule has 2 atom stereocenters. The average Bonchev–Trinajstić information content (AvgIpc) is 2.28. The van der Waals surface area contributed by atoms with Crippen molar-refractivity contribution in [1.82, 2.24) is 0 Å². The number of benzene rings is 1. The van der Waals surface area contributed by atoms with Crippen LogP contribution in [0, 0.1) is 5.92 Å². The van der Waals surface area contributed by atoms with E-state index in [1.54, 1.807) is 0 Å². The van der Waals surface area contributed by atoms with Crippen LogP contribution in [0.4, 0.5) is 11.4 Å². The number of fused-ring (bicyclic) bond motifs is 1. The average molecular weight is 225 g/mol. The van der Waals surface area contributed by atoms with Gasteiger partial charge in [-0.1, -0.05) is 37.9 Å². The van der Waals surface area contributed by atoms with E-state index >= 15 is 0 Å². The Morgan fingerprint density at radius 1 is 1.53 bits per heavy atom. The first-order valence-corrected chi connectivity index (χ1v) is 5.89. The normalized spacial score (nSPS) is 21.1. The zero-order valence-electron chi connectivity index (χ0n) is 9.18. The van der Waals surface area contributed by atoms with Crippen LogP contribution in [-0.2, 0) is 0 Å². The van der Waals surface area contributed by atoms with E-state index in [-0.39, 0.29) is 0 Å². The lowest BCUT2D eigenvalue weighted by Crippen LogP contribution is -2.37. The van der Waals surface area contributed by atoms with Gasteiger partial charge in [0.15, 0.2) is 0 Å². The fourth-order valence-electron chi connectivity index (χ4n) is 1.91. The van der Waals surface area contributed by atoms with Crippen LogP contribution in [0.5, 0.6) is 0 Å². The Balaban J connectivity index is 2.20. The van der Waals surface area contributed by atoms with Gasteiger partial charge in [0.2, 0.25) is 0 Å². The molecule has 0 aromatic heterocycles. The fourth-order valence-corrected chi connectivity index (χ4v) is 2.16. The first kappa shape index (κ1) is 10.6. The SMILES string of the molecule is CCC(C)C1CNc2c(Cl)cccc2N1. The molecular weight excluding hydrogens is 208 g/mol. The quantitative estimate of drug-likeness (QED) is 0.802. The summed E-state index contributed by atoms with van der Waals surface area (Å²) in [6, 6.07) is 6.47. The molecule has 2 N–H and O–H groups in total. The van der Waals surface area contributed by atoms with E-state index in [0.717, 1.165) is 22.9 Å². The Hall–Kier alpha value is -0.890. The van der Waals surface area contributed by atoms with Gasteiger partial charge in [-0.2, -0.15) is 0 Å². The molecule has 0 aliphatic carbocycles. The number of rotatable bonds is 2. The zero-order valence-corrected chi connectivity index (χ0v) is 9.93. The lowest BCUT2D eigenvalue weighted by atomic mass is 9.97. The van der Waals surface area contributed by atoms with Crippen molar-refractivity contribution < 1.29 is 0 Å². The van der Waals surface area contributed by atoms with Gasteiger partial charge in [-0.25, -0.2) is 0 Å². The minimum atomic E-state index is 0.501. The van der Waals surface area contributed by atoms with Crippen molar-refractivity contribution in [3.8, 4) is 0 Å². The van der Waals surface area contributed by atoms with E-state index in [9.17, 15) is 0 Å². The van der Waals surface area contributed by atoms with Gasteiger partial charge in [-0.3, -0.25) is 0 Å². The minimum Gasteiger partial charge on any atom is -0.380 e. The fraction of sp³-hybridized carbons (Fsp3) is 0.500.